The number of aromatic nitrogens is 2. The highest BCUT2D eigenvalue weighted by molar-refractivity contribution is 7.20. The van der Waals surface area contributed by atoms with Crippen molar-refractivity contribution in [2.75, 3.05) is 13.1 Å². The number of aryl methyl sites for hydroxylation is 1. The molecule has 2 aromatic heterocycles. The van der Waals surface area contributed by atoms with E-state index in [1.54, 1.807) is 0 Å². The van der Waals surface area contributed by atoms with Gasteiger partial charge in [0, 0.05) is 18.5 Å². The first-order chi connectivity index (χ1) is 11.6. The van der Waals surface area contributed by atoms with E-state index in [4.69, 9.17) is 5.11 Å². The Morgan fingerprint density at radius 3 is 2.71 bits per heavy atom. The third-order valence-corrected chi connectivity index (χ3v) is 5.52. The van der Waals surface area contributed by atoms with Crippen molar-refractivity contribution in [1.29, 1.82) is 0 Å². The second-order valence-corrected chi connectivity index (χ2v) is 7.17. The van der Waals surface area contributed by atoms with E-state index in [-0.39, 0.29) is 19.0 Å². The minimum absolute atomic E-state index is 0.169. The minimum atomic E-state index is -1.09. The second kappa shape index (κ2) is 7.21. The average Bonchev–Trinajstić information content (AvgIpc) is 3.13. The molecule has 0 atom stereocenters. The highest BCUT2D eigenvalue weighted by Gasteiger charge is 2.22. The molecule has 130 valence electrons. The molecule has 0 unspecified atom stereocenters. The molecule has 0 radical (unpaired) electrons. The van der Waals surface area contributed by atoms with Gasteiger partial charge in [-0.2, -0.15) is 5.10 Å². The number of hydrogen-bond donors (Lipinski definition) is 3. The third kappa shape index (κ3) is 3.53. The van der Waals surface area contributed by atoms with E-state index in [2.05, 4.69) is 20.4 Å². The summed E-state index contributed by atoms with van der Waals surface area (Å²) in [5, 5.41) is 19.2. The molecule has 0 saturated heterocycles. The number of carboxylic acid groups (broad SMARTS) is 1. The first-order valence-electron chi connectivity index (χ1n) is 8.30. The normalized spacial score (nSPS) is 15.5. The predicted molar refractivity (Wildman–Crippen MR) is 92.8 cm³/mol. The van der Waals surface area contributed by atoms with Gasteiger partial charge in [0.05, 0.1) is 16.6 Å². The summed E-state index contributed by atoms with van der Waals surface area (Å²) in [4.78, 5) is 24.3. The van der Waals surface area contributed by atoms with Crippen LogP contribution < -0.4 is 10.6 Å². The molecule has 3 N–H and O–H groups in total. The summed E-state index contributed by atoms with van der Waals surface area (Å²) in [5.41, 5.74) is 0.957. The average molecular weight is 350 g/mol. The molecule has 1 saturated carbocycles. The first-order valence-corrected chi connectivity index (χ1v) is 9.11. The number of nitrogens with zero attached hydrogens (tertiary/aromatic N) is 2. The van der Waals surface area contributed by atoms with Crippen LogP contribution in [0.3, 0.4) is 0 Å². The molecule has 2 aromatic rings. The molecular formula is C16H22N4O3S. The molecule has 1 aliphatic carbocycles. The lowest BCUT2D eigenvalue weighted by Crippen LogP contribution is -2.33. The molecule has 7 nitrogen and oxygen atoms in total. The molecule has 3 rings (SSSR count). The van der Waals surface area contributed by atoms with Crippen LogP contribution in [0.25, 0.3) is 10.2 Å². The lowest BCUT2D eigenvalue weighted by molar-refractivity contribution is 0.0957. The van der Waals surface area contributed by atoms with E-state index < -0.39 is 6.09 Å². The molecule has 0 spiro atoms. The number of carbonyl (C=O) groups is 2. The highest BCUT2D eigenvalue weighted by Crippen LogP contribution is 2.35. The number of thiophene rings is 1. The van der Waals surface area contributed by atoms with Gasteiger partial charge in [0.2, 0.25) is 0 Å². The van der Waals surface area contributed by atoms with Gasteiger partial charge in [0.1, 0.15) is 4.83 Å². The predicted octanol–water partition coefficient (Wildman–Crippen LogP) is 2.91. The van der Waals surface area contributed by atoms with Crippen LogP contribution in [0.4, 0.5) is 4.79 Å². The summed E-state index contributed by atoms with van der Waals surface area (Å²) in [6.07, 6.45) is 4.98. The van der Waals surface area contributed by atoms with E-state index in [0.717, 1.165) is 28.8 Å². The lowest BCUT2D eigenvalue weighted by Gasteiger charge is -2.22. The molecule has 2 amide bonds. The summed E-state index contributed by atoms with van der Waals surface area (Å²) in [7, 11) is 0. The minimum Gasteiger partial charge on any atom is -0.465 e. The van der Waals surface area contributed by atoms with Gasteiger partial charge in [0.25, 0.3) is 5.91 Å². The van der Waals surface area contributed by atoms with Crippen LogP contribution in [0, 0.1) is 6.92 Å². The van der Waals surface area contributed by atoms with Crippen molar-refractivity contribution < 1.29 is 14.7 Å². The Kier molecular flexibility index (Phi) is 5.03. The Morgan fingerprint density at radius 2 is 2.00 bits per heavy atom. The van der Waals surface area contributed by atoms with Crippen LogP contribution in [-0.2, 0) is 0 Å². The molecule has 8 heteroatoms. The number of rotatable bonds is 5. The van der Waals surface area contributed by atoms with Gasteiger partial charge in [-0.25, -0.2) is 4.79 Å². The number of fused-ring (bicyclic) bond motifs is 1. The van der Waals surface area contributed by atoms with E-state index in [9.17, 15) is 9.59 Å². The van der Waals surface area contributed by atoms with Crippen LogP contribution in [-0.4, -0.2) is 40.0 Å². The van der Waals surface area contributed by atoms with Crippen molar-refractivity contribution in [3.8, 4) is 0 Å². The highest BCUT2D eigenvalue weighted by atomic mass is 32.1. The Hall–Kier alpha value is -2.09. The number of nitrogens with one attached hydrogen (secondary N) is 2. The zero-order chi connectivity index (χ0) is 17.1. The first kappa shape index (κ1) is 16.8. The van der Waals surface area contributed by atoms with Crippen LogP contribution in [0.1, 0.15) is 53.5 Å². The van der Waals surface area contributed by atoms with Gasteiger partial charge in [-0.1, -0.05) is 19.3 Å². The van der Waals surface area contributed by atoms with E-state index in [0.29, 0.717) is 10.9 Å². The van der Waals surface area contributed by atoms with Gasteiger partial charge in [0.15, 0.2) is 0 Å². The van der Waals surface area contributed by atoms with Crippen LogP contribution >= 0.6 is 11.3 Å². The third-order valence-electron chi connectivity index (χ3n) is 4.40. The van der Waals surface area contributed by atoms with Gasteiger partial charge in [-0.05, 0) is 25.8 Å². The maximum atomic E-state index is 12.3. The SMILES string of the molecule is Cc1nn(C2CCCCC2)c2sc(C(=O)NCCNC(=O)O)cc12. The molecule has 1 aliphatic rings. The Bertz CT molecular complexity index is 746. The summed E-state index contributed by atoms with van der Waals surface area (Å²) in [5.74, 6) is -0.169. The van der Waals surface area contributed by atoms with Crippen molar-refractivity contribution in [2.45, 2.75) is 45.1 Å². The molecule has 1 fully saturated rings. The zero-order valence-electron chi connectivity index (χ0n) is 13.7. The van der Waals surface area contributed by atoms with Crippen LogP contribution in [0.5, 0.6) is 0 Å². The summed E-state index contributed by atoms with van der Waals surface area (Å²) >= 11 is 1.46. The smallest absolute Gasteiger partial charge is 0.404 e. The zero-order valence-corrected chi connectivity index (χ0v) is 14.5. The topological polar surface area (TPSA) is 96.3 Å². The van der Waals surface area contributed by atoms with E-state index in [1.165, 1.54) is 30.6 Å². The van der Waals surface area contributed by atoms with Crippen molar-refractivity contribution in [3.05, 3.63) is 16.6 Å². The summed E-state index contributed by atoms with van der Waals surface area (Å²) in [6.45, 7) is 2.45. The number of hydrogen-bond acceptors (Lipinski definition) is 4. The van der Waals surface area contributed by atoms with Crippen LogP contribution in [0.2, 0.25) is 0 Å². The second-order valence-electron chi connectivity index (χ2n) is 6.14. The van der Waals surface area contributed by atoms with Crippen molar-refractivity contribution in [3.63, 3.8) is 0 Å². The fraction of sp³-hybridized carbons (Fsp3) is 0.562. The Labute approximate surface area is 144 Å². The van der Waals surface area contributed by atoms with Crippen molar-refractivity contribution >= 4 is 33.6 Å². The largest absolute Gasteiger partial charge is 0.465 e. The fourth-order valence-corrected chi connectivity index (χ4v) is 4.34. The fourth-order valence-electron chi connectivity index (χ4n) is 3.19. The summed E-state index contributed by atoms with van der Waals surface area (Å²) in [6, 6.07) is 2.33. The number of amides is 2. The van der Waals surface area contributed by atoms with Gasteiger partial charge >= 0.3 is 6.09 Å². The molecule has 24 heavy (non-hydrogen) atoms. The monoisotopic (exact) mass is 350 g/mol. The molecule has 0 aromatic carbocycles. The standard InChI is InChI=1S/C16H22N4O3S/c1-10-12-9-13(14(21)17-7-8-18-16(22)23)24-15(12)20(19-10)11-5-3-2-4-6-11/h9,11,18H,2-8H2,1H3,(H,17,21)(H,22,23). The van der Waals surface area contributed by atoms with Gasteiger partial charge < -0.3 is 15.7 Å². The maximum Gasteiger partial charge on any atom is 0.404 e. The van der Waals surface area contributed by atoms with Gasteiger partial charge in [-0.3, -0.25) is 9.48 Å². The van der Waals surface area contributed by atoms with Crippen LogP contribution in [0.15, 0.2) is 6.07 Å². The molecular weight excluding hydrogens is 328 g/mol. The molecule has 0 bridgehead atoms. The Balaban J connectivity index is 1.73. The maximum absolute atomic E-state index is 12.3. The van der Waals surface area contributed by atoms with Gasteiger partial charge in [-0.15, -0.1) is 11.3 Å². The molecule has 0 aliphatic heterocycles. The van der Waals surface area contributed by atoms with E-state index >= 15 is 0 Å². The number of carbonyl (C=O) groups excluding carboxylic acids is 1. The summed E-state index contributed by atoms with van der Waals surface area (Å²) < 4.78 is 2.11. The molecule has 2 heterocycles. The quantitative estimate of drug-likeness (QED) is 0.722. The van der Waals surface area contributed by atoms with Crippen molar-refractivity contribution in [1.82, 2.24) is 20.4 Å². The Morgan fingerprint density at radius 1 is 1.29 bits per heavy atom. The van der Waals surface area contributed by atoms with E-state index in [1.807, 2.05) is 13.0 Å². The van der Waals surface area contributed by atoms with Crippen molar-refractivity contribution in [2.24, 2.45) is 0 Å². The lowest BCUT2D eigenvalue weighted by atomic mass is 9.96.